The van der Waals surface area contributed by atoms with Gasteiger partial charge in [0.25, 0.3) is 5.91 Å². The highest BCUT2D eigenvalue weighted by Gasteiger charge is 2.11. The number of benzene rings is 1. The molecule has 0 bridgehead atoms. The van der Waals surface area contributed by atoms with Crippen LogP contribution in [-0.2, 0) is 6.42 Å². The van der Waals surface area contributed by atoms with Gasteiger partial charge in [0.05, 0.1) is 0 Å². The first-order chi connectivity index (χ1) is 9.10. The first-order valence-electron chi connectivity index (χ1n) is 6.33. The van der Waals surface area contributed by atoms with Crippen molar-refractivity contribution in [2.24, 2.45) is 0 Å². The number of aromatic nitrogens is 2. The zero-order valence-corrected chi connectivity index (χ0v) is 12.1. The molecular weight excluding hydrogens is 258 g/mol. The SMILES string of the molecule is CCc1ccc(C(=O)Nc2nnc(C(C)C)s2)cc1. The molecule has 100 valence electrons. The van der Waals surface area contributed by atoms with Crippen molar-refractivity contribution in [2.75, 3.05) is 5.32 Å². The van der Waals surface area contributed by atoms with E-state index in [2.05, 4.69) is 36.3 Å². The Kier molecular flexibility index (Phi) is 4.27. The third kappa shape index (κ3) is 3.38. The first-order valence-corrected chi connectivity index (χ1v) is 7.15. The third-order valence-corrected chi connectivity index (χ3v) is 3.92. The predicted octanol–water partition coefficient (Wildman–Crippen LogP) is 3.48. The molecule has 0 aliphatic rings. The zero-order chi connectivity index (χ0) is 13.8. The van der Waals surface area contributed by atoms with Gasteiger partial charge in [-0.2, -0.15) is 0 Å². The van der Waals surface area contributed by atoms with Crippen molar-refractivity contribution >= 4 is 22.4 Å². The minimum absolute atomic E-state index is 0.144. The van der Waals surface area contributed by atoms with Gasteiger partial charge >= 0.3 is 0 Å². The van der Waals surface area contributed by atoms with Crippen molar-refractivity contribution in [3.63, 3.8) is 0 Å². The van der Waals surface area contributed by atoms with Crippen molar-refractivity contribution in [1.29, 1.82) is 0 Å². The minimum atomic E-state index is -0.144. The number of nitrogens with zero attached hydrogens (tertiary/aromatic N) is 2. The number of carbonyl (C=O) groups is 1. The van der Waals surface area contributed by atoms with E-state index in [0.29, 0.717) is 16.6 Å². The molecule has 5 heteroatoms. The van der Waals surface area contributed by atoms with E-state index >= 15 is 0 Å². The molecule has 1 aromatic heterocycles. The number of aryl methyl sites for hydroxylation is 1. The molecule has 1 N–H and O–H groups in total. The highest BCUT2D eigenvalue weighted by atomic mass is 32.1. The van der Waals surface area contributed by atoms with Crippen LogP contribution in [0.3, 0.4) is 0 Å². The van der Waals surface area contributed by atoms with E-state index in [9.17, 15) is 4.79 Å². The molecule has 2 aromatic rings. The molecule has 2 rings (SSSR count). The average molecular weight is 275 g/mol. The number of nitrogens with one attached hydrogen (secondary N) is 1. The largest absolute Gasteiger partial charge is 0.296 e. The maximum absolute atomic E-state index is 12.0. The smallest absolute Gasteiger partial charge is 0.257 e. The molecule has 1 aromatic carbocycles. The second-order valence-electron chi connectivity index (χ2n) is 4.60. The van der Waals surface area contributed by atoms with Crippen LogP contribution in [0.5, 0.6) is 0 Å². The Morgan fingerprint density at radius 3 is 2.47 bits per heavy atom. The highest BCUT2D eigenvalue weighted by molar-refractivity contribution is 7.15. The summed E-state index contributed by atoms with van der Waals surface area (Å²) >= 11 is 1.42. The molecule has 0 radical (unpaired) electrons. The average Bonchev–Trinajstić information content (AvgIpc) is 2.87. The molecule has 4 nitrogen and oxygen atoms in total. The van der Waals surface area contributed by atoms with Gasteiger partial charge in [0.2, 0.25) is 5.13 Å². The second-order valence-corrected chi connectivity index (χ2v) is 5.61. The molecule has 1 amide bonds. The van der Waals surface area contributed by atoms with Crippen LogP contribution >= 0.6 is 11.3 Å². The number of anilines is 1. The molecule has 0 unspecified atom stereocenters. The van der Waals surface area contributed by atoms with Crippen LogP contribution in [0.4, 0.5) is 5.13 Å². The van der Waals surface area contributed by atoms with Crippen LogP contribution < -0.4 is 5.32 Å². The second kappa shape index (κ2) is 5.93. The monoisotopic (exact) mass is 275 g/mol. The van der Waals surface area contributed by atoms with Gasteiger partial charge in [-0.05, 0) is 24.1 Å². The molecule has 1 heterocycles. The van der Waals surface area contributed by atoms with E-state index in [4.69, 9.17) is 0 Å². The van der Waals surface area contributed by atoms with Crippen LogP contribution in [0.2, 0.25) is 0 Å². The van der Waals surface area contributed by atoms with Crippen molar-refractivity contribution in [3.8, 4) is 0 Å². The van der Waals surface area contributed by atoms with Crippen LogP contribution in [0.1, 0.15) is 47.6 Å². The summed E-state index contributed by atoms with van der Waals surface area (Å²) in [5, 5.41) is 12.3. The Hall–Kier alpha value is -1.75. The Balaban J connectivity index is 2.06. The van der Waals surface area contributed by atoms with E-state index in [1.807, 2.05) is 24.3 Å². The molecule has 0 aliphatic carbocycles. The first kappa shape index (κ1) is 13.7. The summed E-state index contributed by atoms with van der Waals surface area (Å²) in [6.45, 7) is 6.19. The van der Waals surface area contributed by atoms with E-state index in [1.165, 1.54) is 16.9 Å². The molecule has 0 fully saturated rings. The summed E-state index contributed by atoms with van der Waals surface area (Å²) in [6, 6.07) is 7.60. The summed E-state index contributed by atoms with van der Waals surface area (Å²) in [6.07, 6.45) is 0.968. The van der Waals surface area contributed by atoms with Gasteiger partial charge in [0, 0.05) is 11.5 Å². The summed E-state index contributed by atoms with van der Waals surface area (Å²) < 4.78 is 0. The van der Waals surface area contributed by atoms with Crippen LogP contribution in [0.25, 0.3) is 0 Å². The van der Waals surface area contributed by atoms with Gasteiger partial charge in [0.1, 0.15) is 5.01 Å². The molecule has 0 saturated heterocycles. The Morgan fingerprint density at radius 2 is 1.95 bits per heavy atom. The Morgan fingerprint density at radius 1 is 1.26 bits per heavy atom. The fourth-order valence-corrected chi connectivity index (χ4v) is 2.32. The van der Waals surface area contributed by atoms with E-state index in [-0.39, 0.29) is 5.91 Å². The lowest BCUT2D eigenvalue weighted by molar-refractivity contribution is 0.102. The standard InChI is InChI=1S/C14H17N3OS/c1-4-10-5-7-11(8-6-10)12(18)15-14-17-16-13(19-14)9(2)3/h5-9H,4H2,1-3H3,(H,15,17,18). The van der Waals surface area contributed by atoms with Gasteiger partial charge < -0.3 is 0 Å². The lowest BCUT2D eigenvalue weighted by Crippen LogP contribution is -2.11. The van der Waals surface area contributed by atoms with Crippen molar-refractivity contribution in [2.45, 2.75) is 33.1 Å². The number of hydrogen-bond acceptors (Lipinski definition) is 4. The highest BCUT2D eigenvalue weighted by Crippen LogP contribution is 2.22. The van der Waals surface area contributed by atoms with Crippen LogP contribution in [-0.4, -0.2) is 16.1 Å². The van der Waals surface area contributed by atoms with E-state index in [0.717, 1.165) is 11.4 Å². The van der Waals surface area contributed by atoms with Crippen molar-refractivity contribution < 1.29 is 4.79 Å². The van der Waals surface area contributed by atoms with Crippen LogP contribution in [0.15, 0.2) is 24.3 Å². The predicted molar refractivity (Wildman–Crippen MR) is 77.8 cm³/mol. The van der Waals surface area contributed by atoms with E-state index in [1.54, 1.807) is 0 Å². The molecule has 0 spiro atoms. The lowest BCUT2D eigenvalue weighted by atomic mass is 10.1. The molecule has 0 saturated carbocycles. The van der Waals surface area contributed by atoms with Gasteiger partial charge in [0.15, 0.2) is 0 Å². The normalized spacial score (nSPS) is 10.7. The number of rotatable bonds is 4. The quantitative estimate of drug-likeness (QED) is 0.929. The maximum atomic E-state index is 12.0. The number of hydrogen-bond donors (Lipinski definition) is 1. The number of carbonyl (C=O) groups excluding carboxylic acids is 1. The summed E-state index contributed by atoms with van der Waals surface area (Å²) in [7, 11) is 0. The molecular formula is C14H17N3OS. The molecule has 19 heavy (non-hydrogen) atoms. The van der Waals surface area contributed by atoms with Crippen molar-refractivity contribution in [1.82, 2.24) is 10.2 Å². The Labute approximate surface area is 116 Å². The van der Waals surface area contributed by atoms with Gasteiger partial charge in [-0.1, -0.05) is 44.2 Å². The maximum Gasteiger partial charge on any atom is 0.257 e. The molecule has 0 atom stereocenters. The van der Waals surface area contributed by atoms with Gasteiger partial charge in [-0.15, -0.1) is 10.2 Å². The lowest BCUT2D eigenvalue weighted by Gasteiger charge is -2.02. The summed E-state index contributed by atoms with van der Waals surface area (Å²) in [4.78, 5) is 12.0. The van der Waals surface area contributed by atoms with Crippen molar-refractivity contribution in [3.05, 3.63) is 40.4 Å². The minimum Gasteiger partial charge on any atom is -0.296 e. The van der Waals surface area contributed by atoms with Gasteiger partial charge in [-0.3, -0.25) is 10.1 Å². The summed E-state index contributed by atoms with van der Waals surface area (Å²) in [5.41, 5.74) is 1.85. The van der Waals surface area contributed by atoms with Crippen LogP contribution in [0, 0.1) is 0 Å². The summed E-state index contributed by atoms with van der Waals surface area (Å²) in [5.74, 6) is 0.182. The zero-order valence-electron chi connectivity index (χ0n) is 11.3. The third-order valence-electron chi connectivity index (χ3n) is 2.78. The fraction of sp³-hybridized carbons (Fsp3) is 0.357. The molecule has 0 aliphatic heterocycles. The van der Waals surface area contributed by atoms with E-state index < -0.39 is 0 Å². The number of amides is 1. The Bertz CT molecular complexity index is 560. The fourth-order valence-electron chi connectivity index (χ4n) is 1.58. The van der Waals surface area contributed by atoms with Gasteiger partial charge in [-0.25, -0.2) is 0 Å². The topological polar surface area (TPSA) is 54.9 Å².